The van der Waals surface area contributed by atoms with Crippen LogP contribution in [-0.2, 0) is 11.0 Å². The molecule has 4 nitrogen and oxygen atoms in total. The lowest BCUT2D eigenvalue weighted by molar-refractivity contribution is -0.138. The van der Waals surface area contributed by atoms with Gasteiger partial charge in [-0.3, -0.25) is 9.59 Å². The summed E-state index contributed by atoms with van der Waals surface area (Å²) in [5.41, 5.74) is -1.62. The number of hydrogen-bond acceptors (Lipinski definition) is 3. The predicted octanol–water partition coefficient (Wildman–Crippen LogP) is 2.07. The Morgan fingerprint density at radius 3 is 2.45 bits per heavy atom. The first-order valence-corrected chi connectivity index (χ1v) is 5.81. The van der Waals surface area contributed by atoms with E-state index in [1.165, 1.54) is 19.2 Å². The van der Waals surface area contributed by atoms with Gasteiger partial charge in [-0.2, -0.15) is 13.2 Å². The molecule has 0 aliphatic carbocycles. The van der Waals surface area contributed by atoms with Crippen molar-refractivity contribution in [3.63, 3.8) is 0 Å². The van der Waals surface area contributed by atoms with Gasteiger partial charge in [0.2, 0.25) is 0 Å². The van der Waals surface area contributed by atoms with Crippen LogP contribution in [0.5, 0.6) is 0 Å². The molecule has 0 N–H and O–H groups in total. The third-order valence-electron chi connectivity index (χ3n) is 2.63. The second-order valence-electron chi connectivity index (χ2n) is 4.52. The molecular weight excluding hydrogens is 273 g/mol. The third-order valence-corrected chi connectivity index (χ3v) is 2.63. The number of halogens is 3. The van der Waals surface area contributed by atoms with E-state index in [9.17, 15) is 22.8 Å². The lowest BCUT2D eigenvalue weighted by Gasteiger charge is -2.15. The summed E-state index contributed by atoms with van der Waals surface area (Å²) in [6, 6.07) is 0.509. The van der Waals surface area contributed by atoms with Crippen molar-refractivity contribution in [2.45, 2.75) is 19.1 Å². The zero-order valence-electron chi connectivity index (χ0n) is 11.3. The van der Waals surface area contributed by atoms with Crippen molar-refractivity contribution in [1.82, 2.24) is 9.47 Å². The molecule has 0 amide bonds. The van der Waals surface area contributed by atoms with Crippen LogP contribution in [0.25, 0.3) is 0 Å². The van der Waals surface area contributed by atoms with E-state index in [1.807, 2.05) is 0 Å². The highest BCUT2D eigenvalue weighted by atomic mass is 19.4. The zero-order chi connectivity index (χ0) is 15.5. The highest BCUT2D eigenvalue weighted by Crippen LogP contribution is 2.28. The number of nitrogens with zero attached hydrogens (tertiary/aromatic N) is 2. The normalized spacial score (nSPS) is 13.5. The highest BCUT2D eigenvalue weighted by Gasteiger charge is 2.31. The fraction of sp³-hybridized carbons (Fsp3) is 0.385. The largest absolute Gasteiger partial charge is 0.417 e. The molecule has 1 aromatic heterocycles. The second kappa shape index (κ2) is 5.94. The standard InChI is InChI=1S/C13H15F3N2O2/c1-9(11(19)6-7-17(2)3)18-8-10(13(14,15)16)4-5-12(18)20/h4-9H,1-3H3/b7-6+/t9-/m0/s1. The first kappa shape index (κ1) is 16.0. The Morgan fingerprint density at radius 1 is 1.35 bits per heavy atom. The van der Waals surface area contributed by atoms with Crippen molar-refractivity contribution in [2.75, 3.05) is 14.1 Å². The van der Waals surface area contributed by atoms with Gasteiger partial charge in [-0.05, 0) is 19.1 Å². The molecule has 0 fully saturated rings. The molecule has 20 heavy (non-hydrogen) atoms. The van der Waals surface area contributed by atoms with Crippen molar-refractivity contribution in [1.29, 1.82) is 0 Å². The van der Waals surface area contributed by atoms with Gasteiger partial charge in [-0.15, -0.1) is 0 Å². The van der Waals surface area contributed by atoms with Crippen LogP contribution in [0, 0.1) is 0 Å². The number of ketones is 1. The lowest BCUT2D eigenvalue weighted by atomic mass is 10.2. The summed E-state index contributed by atoms with van der Waals surface area (Å²) in [4.78, 5) is 25.0. The van der Waals surface area contributed by atoms with E-state index in [-0.39, 0.29) is 0 Å². The predicted molar refractivity (Wildman–Crippen MR) is 68.2 cm³/mol. The maximum absolute atomic E-state index is 12.6. The van der Waals surface area contributed by atoms with Crippen LogP contribution < -0.4 is 5.56 Å². The minimum Gasteiger partial charge on any atom is -0.383 e. The van der Waals surface area contributed by atoms with Crippen molar-refractivity contribution >= 4 is 5.78 Å². The van der Waals surface area contributed by atoms with Gasteiger partial charge >= 0.3 is 6.18 Å². The van der Waals surface area contributed by atoms with Gasteiger partial charge in [0.05, 0.1) is 11.6 Å². The van der Waals surface area contributed by atoms with Gasteiger partial charge in [0, 0.05) is 32.6 Å². The number of aromatic nitrogens is 1. The molecule has 0 radical (unpaired) electrons. The highest BCUT2D eigenvalue weighted by molar-refractivity contribution is 5.92. The molecule has 0 spiro atoms. The molecule has 110 valence electrons. The van der Waals surface area contributed by atoms with E-state index in [2.05, 4.69) is 0 Å². The summed E-state index contributed by atoms with van der Waals surface area (Å²) in [6.45, 7) is 1.38. The van der Waals surface area contributed by atoms with E-state index in [0.717, 1.165) is 10.6 Å². The number of hydrogen-bond donors (Lipinski definition) is 0. The molecule has 0 aliphatic rings. The summed E-state index contributed by atoms with van der Waals surface area (Å²) in [7, 11) is 3.40. The SMILES string of the molecule is C[C@@H](C(=O)/C=C/N(C)C)n1cc(C(F)(F)F)ccc1=O. The van der Waals surface area contributed by atoms with Crippen molar-refractivity contribution in [3.8, 4) is 0 Å². The Hall–Kier alpha value is -2.05. The summed E-state index contributed by atoms with van der Waals surface area (Å²) in [5, 5.41) is 0. The van der Waals surface area contributed by atoms with Crippen LogP contribution in [0.3, 0.4) is 0 Å². The molecule has 1 aromatic rings. The molecule has 1 rings (SSSR count). The second-order valence-corrected chi connectivity index (χ2v) is 4.52. The van der Waals surface area contributed by atoms with E-state index < -0.39 is 29.1 Å². The number of pyridine rings is 1. The van der Waals surface area contributed by atoms with Crippen LogP contribution in [-0.4, -0.2) is 29.3 Å². The monoisotopic (exact) mass is 288 g/mol. The Bertz CT molecular complexity index is 574. The van der Waals surface area contributed by atoms with E-state index in [1.54, 1.807) is 19.0 Å². The van der Waals surface area contributed by atoms with Gasteiger partial charge in [0.1, 0.15) is 0 Å². The van der Waals surface area contributed by atoms with Crippen LogP contribution in [0.15, 0.2) is 35.4 Å². The smallest absolute Gasteiger partial charge is 0.383 e. The molecule has 7 heteroatoms. The van der Waals surface area contributed by atoms with Crippen LogP contribution in [0.4, 0.5) is 13.2 Å². The van der Waals surface area contributed by atoms with Gasteiger partial charge in [-0.25, -0.2) is 0 Å². The minimum absolute atomic E-state index is 0.458. The minimum atomic E-state index is -4.56. The maximum Gasteiger partial charge on any atom is 0.417 e. The number of carbonyl (C=O) groups is 1. The number of carbonyl (C=O) groups excluding carboxylic acids is 1. The molecule has 1 atom stereocenters. The molecule has 0 saturated heterocycles. The Kier molecular flexibility index (Phi) is 4.75. The molecular formula is C13H15F3N2O2. The molecule has 1 heterocycles. The number of alkyl halides is 3. The van der Waals surface area contributed by atoms with Crippen LogP contribution in [0.1, 0.15) is 18.5 Å². The van der Waals surface area contributed by atoms with E-state index >= 15 is 0 Å². The number of allylic oxidation sites excluding steroid dienone is 1. The average molecular weight is 288 g/mol. The van der Waals surface area contributed by atoms with Crippen molar-refractivity contribution in [3.05, 3.63) is 46.5 Å². The van der Waals surface area contributed by atoms with Crippen LogP contribution >= 0.6 is 0 Å². The van der Waals surface area contributed by atoms with E-state index in [0.29, 0.717) is 12.3 Å². The lowest BCUT2D eigenvalue weighted by Crippen LogP contribution is -2.28. The number of rotatable bonds is 4. The summed E-state index contributed by atoms with van der Waals surface area (Å²) in [5.74, 6) is -0.458. The quantitative estimate of drug-likeness (QED) is 0.797. The van der Waals surface area contributed by atoms with Crippen LogP contribution in [0.2, 0.25) is 0 Å². The molecule has 0 unspecified atom stereocenters. The topological polar surface area (TPSA) is 42.3 Å². The molecule has 0 saturated carbocycles. The molecule has 0 bridgehead atoms. The van der Waals surface area contributed by atoms with Gasteiger partial charge in [0.15, 0.2) is 5.78 Å². The summed E-state index contributed by atoms with van der Waals surface area (Å²) < 4.78 is 38.6. The van der Waals surface area contributed by atoms with Gasteiger partial charge in [0.25, 0.3) is 5.56 Å². The Morgan fingerprint density at radius 2 is 1.95 bits per heavy atom. The van der Waals surface area contributed by atoms with E-state index in [4.69, 9.17) is 0 Å². The van der Waals surface area contributed by atoms with Gasteiger partial charge in [-0.1, -0.05) is 0 Å². The Labute approximate surface area is 114 Å². The fourth-order valence-electron chi connectivity index (χ4n) is 1.47. The average Bonchev–Trinajstić information content (AvgIpc) is 2.34. The maximum atomic E-state index is 12.6. The van der Waals surface area contributed by atoms with Gasteiger partial charge < -0.3 is 9.47 Å². The first-order chi connectivity index (χ1) is 9.12. The molecule has 0 aliphatic heterocycles. The summed E-state index contributed by atoms with van der Waals surface area (Å²) >= 11 is 0. The first-order valence-electron chi connectivity index (χ1n) is 5.81. The van der Waals surface area contributed by atoms with Crippen molar-refractivity contribution < 1.29 is 18.0 Å². The summed E-state index contributed by atoms with van der Waals surface area (Å²) in [6.07, 6.45) is -1.21. The molecule has 0 aromatic carbocycles. The van der Waals surface area contributed by atoms with Crippen molar-refractivity contribution in [2.24, 2.45) is 0 Å². The zero-order valence-corrected chi connectivity index (χ0v) is 11.3. The fourth-order valence-corrected chi connectivity index (χ4v) is 1.47. The third kappa shape index (κ3) is 3.97. The Balaban J connectivity index is 3.13.